The molecule has 21 heavy (non-hydrogen) atoms. The van der Waals surface area contributed by atoms with Gasteiger partial charge in [0.25, 0.3) is 5.91 Å². The number of carbonyl (C=O) groups is 1. The number of aromatic nitrogens is 2. The first-order chi connectivity index (χ1) is 10.2. The van der Waals surface area contributed by atoms with Gasteiger partial charge in [-0.3, -0.25) is 9.78 Å². The summed E-state index contributed by atoms with van der Waals surface area (Å²) in [5.74, 6) is 1.10. The molecule has 2 heterocycles. The maximum atomic E-state index is 12.1. The minimum Gasteiger partial charge on any atom is -0.490 e. The fraction of sp³-hybridized carbons (Fsp3) is 0.214. The number of benzene rings is 1. The lowest BCUT2D eigenvalue weighted by Crippen LogP contribution is -2.14. The van der Waals surface area contributed by atoms with Crippen molar-refractivity contribution in [3.8, 4) is 11.5 Å². The van der Waals surface area contributed by atoms with E-state index in [2.05, 4.69) is 15.3 Å². The third-order valence-corrected chi connectivity index (χ3v) is 2.89. The van der Waals surface area contributed by atoms with Crippen LogP contribution in [-0.4, -0.2) is 29.1 Å². The molecule has 7 nitrogen and oxygen atoms in total. The minimum absolute atomic E-state index is 0.155. The number of ether oxygens (including phenoxy) is 2. The highest BCUT2D eigenvalue weighted by atomic mass is 16.5. The molecule has 0 radical (unpaired) electrons. The summed E-state index contributed by atoms with van der Waals surface area (Å²) in [7, 11) is 0. The molecule has 0 unspecified atom stereocenters. The van der Waals surface area contributed by atoms with Crippen LogP contribution in [0.4, 0.5) is 11.5 Å². The summed E-state index contributed by atoms with van der Waals surface area (Å²) in [6, 6.07) is 5.23. The Kier molecular flexibility index (Phi) is 3.55. The first kappa shape index (κ1) is 13.2. The van der Waals surface area contributed by atoms with Crippen LogP contribution in [-0.2, 0) is 0 Å². The predicted octanol–water partition coefficient (Wildman–Crippen LogP) is 1.47. The summed E-state index contributed by atoms with van der Waals surface area (Å²) in [5.41, 5.74) is 6.25. The van der Waals surface area contributed by atoms with Crippen LogP contribution in [0.1, 0.15) is 16.9 Å². The predicted molar refractivity (Wildman–Crippen MR) is 76.4 cm³/mol. The molecule has 0 saturated heterocycles. The van der Waals surface area contributed by atoms with Crippen molar-refractivity contribution in [3.05, 3.63) is 36.3 Å². The Morgan fingerprint density at radius 3 is 2.81 bits per heavy atom. The van der Waals surface area contributed by atoms with Crippen molar-refractivity contribution < 1.29 is 14.3 Å². The Morgan fingerprint density at radius 1 is 1.19 bits per heavy atom. The number of hydrogen-bond acceptors (Lipinski definition) is 6. The minimum atomic E-state index is -0.385. The topological polar surface area (TPSA) is 99.4 Å². The van der Waals surface area contributed by atoms with Crippen molar-refractivity contribution in [3.63, 3.8) is 0 Å². The summed E-state index contributed by atoms with van der Waals surface area (Å²) in [6.07, 6.45) is 3.56. The van der Waals surface area contributed by atoms with Crippen molar-refractivity contribution >= 4 is 17.4 Å². The van der Waals surface area contributed by atoms with E-state index in [4.69, 9.17) is 15.2 Å². The second-order valence-electron chi connectivity index (χ2n) is 4.50. The maximum absolute atomic E-state index is 12.1. The standard InChI is InChI=1S/C14H14N4O3/c15-13-8-16-7-10(18-13)14(19)17-9-2-3-11-12(6-9)21-5-1-4-20-11/h2-3,6-8H,1,4-5H2,(H2,15,18)(H,17,19). The molecule has 1 aliphatic heterocycles. The van der Waals surface area contributed by atoms with E-state index >= 15 is 0 Å². The van der Waals surface area contributed by atoms with E-state index in [0.717, 1.165) is 6.42 Å². The summed E-state index contributed by atoms with van der Waals surface area (Å²) in [5, 5.41) is 2.72. The van der Waals surface area contributed by atoms with Gasteiger partial charge < -0.3 is 20.5 Å². The molecule has 108 valence electrons. The molecular formula is C14H14N4O3. The molecular weight excluding hydrogens is 272 g/mol. The molecule has 0 aliphatic carbocycles. The molecule has 0 bridgehead atoms. The molecule has 3 N–H and O–H groups in total. The van der Waals surface area contributed by atoms with Crippen molar-refractivity contribution in [1.82, 2.24) is 9.97 Å². The Morgan fingerprint density at radius 2 is 2.00 bits per heavy atom. The monoisotopic (exact) mass is 286 g/mol. The molecule has 7 heteroatoms. The van der Waals surface area contributed by atoms with Gasteiger partial charge in [0, 0.05) is 18.2 Å². The van der Waals surface area contributed by atoms with Crippen LogP contribution in [0, 0.1) is 0 Å². The average molecular weight is 286 g/mol. The lowest BCUT2D eigenvalue weighted by atomic mass is 10.2. The number of amides is 1. The highest BCUT2D eigenvalue weighted by Gasteiger charge is 2.13. The van der Waals surface area contributed by atoms with Crippen LogP contribution in [0.15, 0.2) is 30.6 Å². The van der Waals surface area contributed by atoms with Crippen molar-refractivity contribution in [2.45, 2.75) is 6.42 Å². The Hall–Kier alpha value is -2.83. The summed E-state index contributed by atoms with van der Waals surface area (Å²) < 4.78 is 11.1. The van der Waals surface area contributed by atoms with Crippen molar-refractivity contribution in [2.75, 3.05) is 24.3 Å². The van der Waals surface area contributed by atoms with Gasteiger partial charge in [-0.05, 0) is 12.1 Å². The summed E-state index contributed by atoms with van der Waals surface area (Å²) >= 11 is 0. The zero-order valence-corrected chi connectivity index (χ0v) is 11.2. The van der Waals surface area contributed by atoms with Crippen LogP contribution >= 0.6 is 0 Å². The molecule has 0 atom stereocenters. The first-order valence-corrected chi connectivity index (χ1v) is 6.51. The molecule has 0 saturated carbocycles. The Labute approximate surface area is 121 Å². The van der Waals surface area contributed by atoms with E-state index < -0.39 is 0 Å². The SMILES string of the molecule is Nc1cncc(C(=O)Nc2ccc3c(c2)OCCCO3)n1. The third-order valence-electron chi connectivity index (χ3n) is 2.89. The number of fused-ring (bicyclic) bond motifs is 1. The molecule has 0 fully saturated rings. The van der Waals surface area contributed by atoms with Crippen molar-refractivity contribution in [2.24, 2.45) is 0 Å². The largest absolute Gasteiger partial charge is 0.490 e. The number of anilines is 2. The first-order valence-electron chi connectivity index (χ1n) is 6.51. The third kappa shape index (κ3) is 3.02. The van der Waals surface area contributed by atoms with E-state index in [-0.39, 0.29) is 17.4 Å². The van der Waals surface area contributed by atoms with Crippen molar-refractivity contribution in [1.29, 1.82) is 0 Å². The highest BCUT2D eigenvalue weighted by Crippen LogP contribution is 2.32. The lowest BCUT2D eigenvalue weighted by Gasteiger charge is -2.10. The van der Waals surface area contributed by atoms with Gasteiger partial charge in [0.15, 0.2) is 11.5 Å². The van der Waals surface area contributed by atoms with Crippen LogP contribution in [0.5, 0.6) is 11.5 Å². The Balaban J connectivity index is 1.79. The lowest BCUT2D eigenvalue weighted by molar-refractivity contribution is 0.102. The summed E-state index contributed by atoms with van der Waals surface area (Å²) in [6.45, 7) is 1.21. The number of rotatable bonds is 2. The second-order valence-corrected chi connectivity index (χ2v) is 4.50. The molecule has 1 aromatic heterocycles. The number of carbonyl (C=O) groups excluding carboxylic acids is 1. The molecule has 1 aromatic carbocycles. The van der Waals surface area contributed by atoms with Crippen LogP contribution in [0.25, 0.3) is 0 Å². The molecule has 1 amide bonds. The number of nitrogens with one attached hydrogen (secondary N) is 1. The maximum Gasteiger partial charge on any atom is 0.275 e. The van der Waals surface area contributed by atoms with Gasteiger partial charge in [-0.2, -0.15) is 0 Å². The van der Waals surface area contributed by atoms with E-state index in [1.807, 2.05) is 0 Å². The second kappa shape index (κ2) is 5.66. The molecule has 1 aliphatic rings. The van der Waals surface area contributed by atoms with Crippen LogP contribution < -0.4 is 20.5 Å². The average Bonchev–Trinajstić information content (AvgIpc) is 2.72. The molecule has 2 aromatic rings. The fourth-order valence-electron chi connectivity index (χ4n) is 1.93. The van der Waals surface area contributed by atoms with E-state index in [1.165, 1.54) is 12.4 Å². The smallest absolute Gasteiger partial charge is 0.275 e. The van der Waals surface area contributed by atoms with E-state index in [9.17, 15) is 4.79 Å². The van der Waals surface area contributed by atoms with Gasteiger partial charge in [-0.25, -0.2) is 4.98 Å². The van der Waals surface area contributed by atoms with E-state index in [0.29, 0.717) is 30.4 Å². The van der Waals surface area contributed by atoms with Gasteiger partial charge >= 0.3 is 0 Å². The highest BCUT2D eigenvalue weighted by molar-refractivity contribution is 6.03. The number of hydrogen-bond donors (Lipinski definition) is 2. The zero-order valence-electron chi connectivity index (χ0n) is 11.2. The zero-order chi connectivity index (χ0) is 14.7. The van der Waals surface area contributed by atoms with Gasteiger partial charge in [0.05, 0.1) is 25.6 Å². The number of nitrogen functional groups attached to an aromatic ring is 1. The van der Waals surface area contributed by atoms with Gasteiger partial charge in [-0.1, -0.05) is 0 Å². The van der Waals surface area contributed by atoms with Gasteiger partial charge in [0.1, 0.15) is 11.5 Å². The Bertz CT molecular complexity index is 675. The number of nitrogens with two attached hydrogens (primary N) is 1. The molecule has 3 rings (SSSR count). The quantitative estimate of drug-likeness (QED) is 0.867. The van der Waals surface area contributed by atoms with Gasteiger partial charge in [0.2, 0.25) is 0 Å². The summed E-state index contributed by atoms with van der Waals surface area (Å²) in [4.78, 5) is 19.8. The van der Waals surface area contributed by atoms with Crippen LogP contribution in [0.2, 0.25) is 0 Å². The number of nitrogens with zero attached hydrogens (tertiary/aromatic N) is 2. The van der Waals surface area contributed by atoms with Gasteiger partial charge in [-0.15, -0.1) is 0 Å². The van der Waals surface area contributed by atoms with Crippen LogP contribution in [0.3, 0.4) is 0 Å². The fourth-order valence-corrected chi connectivity index (χ4v) is 1.93. The molecule has 0 spiro atoms. The normalized spacial score (nSPS) is 13.3. The van der Waals surface area contributed by atoms with E-state index in [1.54, 1.807) is 18.2 Å².